The minimum atomic E-state index is -2.98. The summed E-state index contributed by atoms with van der Waals surface area (Å²) in [6, 6.07) is 0.712. The number of carbonyl (C=O) groups is 2. The summed E-state index contributed by atoms with van der Waals surface area (Å²) in [6.45, 7) is 13.3. The maximum atomic E-state index is 11.8. The third-order valence-electron chi connectivity index (χ3n) is 4.86. The zero-order valence-electron chi connectivity index (χ0n) is 21.6. The zero-order chi connectivity index (χ0) is 26.0. The Morgan fingerprint density at radius 2 is 0.765 bits per heavy atom. The smallest absolute Gasteiger partial charge is 0.500 e. The number of carboxylic acid groups (broad SMARTS) is 2. The number of hydrogen-bond donors (Lipinski definition) is 0. The van der Waals surface area contributed by atoms with Gasteiger partial charge in [0.25, 0.3) is 0 Å². The van der Waals surface area contributed by atoms with Crippen LogP contribution in [-0.2, 0) is 36.1 Å². The summed E-state index contributed by atoms with van der Waals surface area (Å²) in [5.41, 5.74) is -0.576. The Labute approximate surface area is 206 Å². The molecule has 34 heavy (non-hydrogen) atoms. The highest BCUT2D eigenvalue weighted by atomic mass is 28.4. The van der Waals surface area contributed by atoms with Crippen LogP contribution in [0.15, 0.2) is 11.1 Å². The minimum absolute atomic E-state index is 0.0292. The number of aliphatic carboxylic acids is 2. The van der Waals surface area contributed by atoms with E-state index in [2.05, 4.69) is 0 Å². The summed E-state index contributed by atoms with van der Waals surface area (Å²) in [5, 5.41) is 23.7. The van der Waals surface area contributed by atoms with Crippen LogP contribution in [0, 0.1) is 0 Å². The lowest BCUT2D eigenvalue weighted by Crippen LogP contribution is -2.46. The van der Waals surface area contributed by atoms with Gasteiger partial charge in [-0.2, -0.15) is 0 Å². The van der Waals surface area contributed by atoms with Gasteiger partial charge in [-0.25, -0.2) is 0 Å². The molecule has 0 saturated heterocycles. The van der Waals surface area contributed by atoms with Crippen LogP contribution in [0.3, 0.4) is 0 Å². The van der Waals surface area contributed by atoms with E-state index in [0.29, 0.717) is 64.6 Å². The molecule has 10 nitrogen and oxygen atoms in total. The fourth-order valence-electron chi connectivity index (χ4n) is 3.72. The molecule has 0 aliphatic heterocycles. The summed E-state index contributed by atoms with van der Waals surface area (Å²) in [7, 11) is -5.96. The lowest BCUT2D eigenvalue weighted by molar-refractivity contribution is -0.304. The lowest BCUT2D eigenvalue weighted by atomic mass is 10.00. The molecule has 0 fully saturated rings. The molecule has 0 amide bonds. The number of carbonyl (C=O) groups excluding carboxylic acids is 2. The summed E-state index contributed by atoms with van der Waals surface area (Å²) < 4.78 is 34.7. The van der Waals surface area contributed by atoms with E-state index in [1.807, 2.05) is 41.5 Å². The topological polar surface area (TPSA) is 136 Å². The van der Waals surface area contributed by atoms with Gasteiger partial charge in [0.15, 0.2) is 0 Å². The quantitative estimate of drug-likeness (QED) is 0.152. The van der Waals surface area contributed by atoms with Crippen molar-refractivity contribution in [2.45, 2.75) is 79.3 Å². The van der Waals surface area contributed by atoms with Crippen LogP contribution in [0.25, 0.3) is 0 Å². The van der Waals surface area contributed by atoms with Gasteiger partial charge >= 0.3 is 17.6 Å². The van der Waals surface area contributed by atoms with Gasteiger partial charge in [0.1, 0.15) is 0 Å². The first-order chi connectivity index (χ1) is 16.2. The number of rotatable bonds is 22. The highest BCUT2D eigenvalue weighted by molar-refractivity contribution is 6.61. The van der Waals surface area contributed by atoms with E-state index in [1.165, 1.54) is 0 Å². The molecule has 0 saturated carbocycles. The Bertz CT molecular complexity index is 541. The first-order valence-electron chi connectivity index (χ1n) is 12.2. The van der Waals surface area contributed by atoms with Crippen molar-refractivity contribution in [2.75, 3.05) is 39.6 Å². The van der Waals surface area contributed by atoms with Crippen molar-refractivity contribution in [1.29, 1.82) is 0 Å². The van der Waals surface area contributed by atoms with Crippen molar-refractivity contribution in [3.63, 3.8) is 0 Å². The third kappa shape index (κ3) is 11.5. The van der Waals surface area contributed by atoms with E-state index in [9.17, 15) is 19.8 Å². The molecule has 12 heteroatoms. The van der Waals surface area contributed by atoms with E-state index >= 15 is 0 Å². The van der Waals surface area contributed by atoms with E-state index < -0.39 is 29.5 Å². The molecule has 200 valence electrons. The van der Waals surface area contributed by atoms with Gasteiger partial charge in [-0.1, -0.05) is 0 Å². The van der Waals surface area contributed by atoms with Gasteiger partial charge in [0.05, 0.1) is 11.9 Å². The maximum absolute atomic E-state index is 11.8. The van der Waals surface area contributed by atoms with Gasteiger partial charge in [-0.3, -0.25) is 0 Å². The molecule has 0 rings (SSSR count). The summed E-state index contributed by atoms with van der Waals surface area (Å²) in [4.78, 5) is 23.7. The zero-order valence-corrected chi connectivity index (χ0v) is 23.6. The van der Waals surface area contributed by atoms with Crippen LogP contribution >= 0.6 is 0 Å². The molecular weight excluding hydrogens is 480 g/mol. The second-order valence-corrected chi connectivity index (χ2v) is 12.7. The third-order valence-corrected chi connectivity index (χ3v) is 11.2. The highest BCUT2D eigenvalue weighted by Crippen LogP contribution is 2.26. The number of hydrogen-bond acceptors (Lipinski definition) is 10. The lowest BCUT2D eigenvalue weighted by Gasteiger charge is -2.29. The van der Waals surface area contributed by atoms with Crippen molar-refractivity contribution in [1.82, 2.24) is 0 Å². The first-order valence-corrected chi connectivity index (χ1v) is 16.0. The van der Waals surface area contributed by atoms with Crippen molar-refractivity contribution < 1.29 is 46.4 Å². The average Bonchev–Trinajstić information content (AvgIpc) is 2.76. The van der Waals surface area contributed by atoms with Crippen LogP contribution in [0.2, 0.25) is 12.1 Å². The Hall–Kier alpha value is -1.13. The predicted octanol–water partition coefficient (Wildman–Crippen LogP) is 1.44. The molecule has 0 heterocycles. The van der Waals surface area contributed by atoms with Crippen molar-refractivity contribution in [2.24, 2.45) is 0 Å². The average molecular weight is 523 g/mol. The second kappa shape index (κ2) is 18.2. The van der Waals surface area contributed by atoms with Crippen LogP contribution in [-0.4, -0.2) is 69.2 Å². The standard InChI is InChI=1S/C22H44O10Si2/c1-7-27-33(28-8-2,29-9-3)17-13-15-19(21(23)24)20(22(25)26)16-14-18-34(30-10-4,31-11-5)32-12-6/h7-18H2,1-6H3,(H,23,24)(H,25,26)/p-2/b20-19+. The van der Waals surface area contributed by atoms with E-state index in [4.69, 9.17) is 26.6 Å². The first kappa shape index (κ1) is 32.9. The fourth-order valence-corrected chi connectivity index (χ4v) is 8.94. The largest absolute Gasteiger partial charge is 0.545 e. The maximum Gasteiger partial charge on any atom is 0.500 e. The Morgan fingerprint density at radius 3 is 0.941 bits per heavy atom. The molecule has 0 N–H and O–H groups in total. The highest BCUT2D eigenvalue weighted by Gasteiger charge is 2.40. The second-order valence-electron chi connectivity index (χ2n) is 7.20. The van der Waals surface area contributed by atoms with Gasteiger partial charge < -0.3 is 46.4 Å². The monoisotopic (exact) mass is 522 g/mol. The molecule has 0 unspecified atom stereocenters. The van der Waals surface area contributed by atoms with Crippen LogP contribution in [0.4, 0.5) is 0 Å². The minimum Gasteiger partial charge on any atom is -0.545 e. The van der Waals surface area contributed by atoms with Crippen molar-refractivity contribution in [3.8, 4) is 0 Å². The van der Waals surface area contributed by atoms with E-state index in [1.54, 1.807) is 0 Å². The Morgan fingerprint density at radius 1 is 0.529 bits per heavy atom. The molecule has 0 bridgehead atoms. The fraction of sp³-hybridized carbons (Fsp3) is 0.818. The van der Waals surface area contributed by atoms with Gasteiger partial charge in [-0.05, 0) is 78.4 Å². The van der Waals surface area contributed by atoms with Crippen LogP contribution < -0.4 is 10.2 Å². The molecule has 0 aliphatic carbocycles. The molecule has 0 atom stereocenters. The molecular formula is C22H42O10Si2-2. The number of carboxylic acids is 2. The normalized spacial score (nSPS) is 13.1. The molecule has 0 aromatic carbocycles. The molecule has 0 aromatic heterocycles. The predicted molar refractivity (Wildman–Crippen MR) is 126 cm³/mol. The summed E-state index contributed by atoms with van der Waals surface area (Å²) >= 11 is 0. The van der Waals surface area contributed by atoms with E-state index in [-0.39, 0.29) is 24.0 Å². The van der Waals surface area contributed by atoms with Crippen LogP contribution in [0.1, 0.15) is 67.2 Å². The Balaban J connectivity index is 5.55. The summed E-state index contributed by atoms with van der Waals surface area (Å²) in [6.07, 6.45) is 0.556. The van der Waals surface area contributed by atoms with Gasteiger partial charge in [-0.15, -0.1) is 0 Å². The van der Waals surface area contributed by atoms with Gasteiger partial charge in [0.2, 0.25) is 0 Å². The molecule has 0 radical (unpaired) electrons. The van der Waals surface area contributed by atoms with Crippen molar-refractivity contribution in [3.05, 3.63) is 11.1 Å². The summed E-state index contributed by atoms with van der Waals surface area (Å²) in [5.74, 6) is -3.06. The Kier molecular flexibility index (Phi) is 17.6. The van der Waals surface area contributed by atoms with Crippen molar-refractivity contribution >= 4 is 29.5 Å². The molecule has 0 aliphatic rings. The van der Waals surface area contributed by atoms with E-state index in [0.717, 1.165) is 0 Å². The molecule has 0 aromatic rings. The molecule has 0 spiro atoms. The SMILES string of the molecule is CCO[Si](CCC/C(C(=O)[O-])=C(/CCC[Si](OCC)(OCC)OCC)C(=O)[O-])(OCC)OCC. The van der Waals surface area contributed by atoms with Crippen LogP contribution in [0.5, 0.6) is 0 Å². The van der Waals surface area contributed by atoms with Gasteiger partial charge in [0, 0.05) is 51.7 Å².